The number of aryl methyl sites for hydroxylation is 2. The lowest BCUT2D eigenvalue weighted by molar-refractivity contribution is 0.902. The molecule has 0 atom stereocenters. The zero-order chi connectivity index (χ0) is 17.6. The molecule has 1 aromatic heterocycles. The number of rotatable bonds is 2. The first-order valence-electron chi connectivity index (χ1n) is 8.05. The Kier molecular flexibility index (Phi) is 4.26. The van der Waals surface area contributed by atoms with E-state index < -0.39 is 0 Å². The predicted octanol–water partition coefficient (Wildman–Crippen LogP) is 6.83. The van der Waals surface area contributed by atoms with Crippen LogP contribution in [-0.4, -0.2) is 9.78 Å². The Hall–Kier alpha value is -1.91. The second-order valence-corrected chi connectivity index (χ2v) is 7.89. The third-order valence-corrected chi connectivity index (χ3v) is 6.11. The number of fused-ring (bicyclic) bond motifs is 1. The van der Waals surface area contributed by atoms with Crippen molar-refractivity contribution in [3.8, 4) is 16.9 Å². The van der Waals surface area contributed by atoms with Crippen LogP contribution in [0, 0.1) is 13.8 Å². The Morgan fingerprint density at radius 2 is 1.52 bits per heavy atom. The van der Waals surface area contributed by atoms with Crippen LogP contribution in [0.1, 0.15) is 11.1 Å². The summed E-state index contributed by atoms with van der Waals surface area (Å²) in [5.41, 5.74) is 6.70. The summed E-state index contributed by atoms with van der Waals surface area (Å²) in [7, 11) is 0. The molecule has 3 aromatic carbocycles. The van der Waals surface area contributed by atoms with E-state index in [-0.39, 0.29) is 0 Å². The fourth-order valence-corrected chi connectivity index (χ4v) is 3.69. The zero-order valence-electron chi connectivity index (χ0n) is 13.9. The maximum Gasteiger partial charge on any atom is 0.0945 e. The molecule has 0 radical (unpaired) electrons. The van der Waals surface area contributed by atoms with Gasteiger partial charge < -0.3 is 0 Å². The van der Waals surface area contributed by atoms with Crippen molar-refractivity contribution in [2.24, 2.45) is 0 Å². The number of halogens is 2. The van der Waals surface area contributed by atoms with Gasteiger partial charge in [-0.05, 0) is 49.2 Å². The molecular formula is C21H16Br2N2. The molecule has 0 saturated heterocycles. The largest absolute Gasteiger partial charge is 0.232 e. The van der Waals surface area contributed by atoms with E-state index in [0.717, 1.165) is 36.8 Å². The summed E-state index contributed by atoms with van der Waals surface area (Å²) < 4.78 is 4.20. The van der Waals surface area contributed by atoms with E-state index in [2.05, 4.69) is 100 Å². The van der Waals surface area contributed by atoms with Crippen LogP contribution in [0.25, 0.3) is 27.8 Å². The maximum atomic E-state index is 4.90. The normalized spacial score (nSPS) is 11.2. The Morgan fingerprint density at radius 3 is 2.24 bits per heavy atom. The maximum absolute atomic E-state index is 4.90. The topological polar surface area (TPSA) is 17.8 Å². The number of aromatic nitrogens is 2. The molecule has 0 N–H and O–H groups in total. The van der Waals surface area contributed by atoms with Crippen molar-refractivity contribution in [1.82, 2.24) is 9.78 Å². The van der Waals surface area contributed by atoms with Crippen LogP contribution in [0.4, 0.5) is 0 Å². The first-order chi connectivity index (χ1) is 12.0. The number of hydrogen-bond donors (Lipinski definition) is 0. The van der Waals surface area contributed by atoms with Gasteiger partial charge in [0.2, 0.25) is 0 Å². The van der Waals surface area contributed by atoms with Gasteiger partial charge in [-0.3, -0.25) is 0 Å². The molecule has 0 saturated carbocycles. The molecule has 4 aromatic rings. The molecule has 0 aliphatic rings. The first kappa shape index (κ1) is 16.6. The lowest BCUT2D eigenvalue weighted by Crippen LogP contribution is -1.99. The third-order valence-electron chi connectivity index (χ3n) is 4.40. The molecule has 2 nitrogen and oxygen atoms in total. The average Bonchev–Trinajstić information content (AvgIpc) is 2.97. The molecule has 0 aliphatic heterocycles. The van der Waals surface area contributed by atoms with Crippen molar-refractivity contribution in [3.63, 3.8) is 0 Å². The summed E-state index contributed by atoms with van der Waals surface area (Å²) in [6.07, 6.45) is 0. The Balaban J connectivity index is 2.07. The van der Waals surface area contributed by atoms with Crippen LogP contribution in [0.5, 0.6) is 0 Å². The zero-order valence-corrected chi connectivity index (χ0v) is 17.1. The molecule has 0 amide bonds. The molecule has 0 bridgehead atoms. The minimum atomic E-state index is 0.980. The van der Waals surface area contributed by atoms with Crippen LogP contribution in [0.3, 0.4) is 0 Å². The van der Waals surface area contributed by atoms with Crippen LogP contribution in [0.2, 0.25) is 0 Å². The van der Waals surface area contributed by atoms with E-state index in [1.807, 2.05) is 10.7 Å². The van der Waals surface area contributed by atoms with Crippen LogP contribution in [-0.2, 0) is 0 Å². The summed E-state index contributed by atoms with van der Waals surface area (Å²) in [5.74, 6) is 0. The highest BCUT2D eigenvalue weighted by Crippen LogP contribution is 2.34. The Morgan fingerprint density at radius 1 is 0.800 bits per heavy atom. The van der Waals surface area contributed by atoms with Gasteiger partial charge in [-0.15, -0.1) is 0 Å². The van der Waals surface area contributed by atoms with Gasteiger partial charge in [-0.25, -0.2) is 4.68 Å². The summed E-state index contributed by atoms with van der Waals surface area (Å²) in [6, 6.07) is 21.1. The van der Waals surface area contributed by atoms with Crippen molar-refractivity contribution in [2.45, 2.75) is 13.8 Å². The van der Waals surface area contributed by atoms with E-state index in [1.54, 1.807) is 0 Å². The lowest BCUT2D eigenvalue weighted by Gasteiger charge is -2.10. The molecule has 0 fully saturated rings. The molecule has 25 heavy (non-hydrogen) atoms. The van der Waals surface area contributed by atoms with E-state index >= 15 is 0 Å². The monoisotopic (exact) mass is 454 g/mol. The fraction of sp³-hybridized carbons (Fsp3) is 0.0952. The van der Waals surface area contributed by atoms with Crippen molar-refractivity contribution in [3.05, 3.63) is 80.7 Å². The van der Waals surface area contributed by atoms with E-state index in [1.165, 1.54) is 11.1 Å². The highest BCUT2D eigenvalue weighted by Gasteiger charge is 2.16. The van der Waals surface area contributed by atoms with Gasteiger partial charge in [0.25, 0.3) is 0 Å². The van der Waals surface area contributed by atoms with Gasteiger partial charge in [0.05, 0.1) is 16.9 Å². The fourth-order valence-electron chi connectivity index (χ4n) is 2.99. The predicted molar refractivity (Wildman–Crippen MR) is 111 cm³/mol. The third kappa shape index (κ3) is 2.94. The molecule has 1 heterocycles. The highest BCUT2D eigenvalue weighted by atomic mass is 79.9. The molecule has 0 spiro atoms. The average molecular weight is 456 g/mol. The second-order valence-electron chi connectivity index (χ2n) is 6.18. The minimum absolute atomic E-state index is 0.980. The second kappa shape index (κ2) is 6.43. The van der Waals surface area contributed by atoms with Crippen molar-refractivity contribution < 1.29 is 0 Å². The standard InChI is InChI=1S/C21H16Br2N2/c1-13-8-9-16(11-18(13)22)25-21(15-6-4-3-5-7-15)17-10-14(2)19(23)12-20(17)24-25/h3-12H,1-2H3. The molecular weight excluding hydrogens is 440 g/mol. The first-order valence-corrected chi connectivity index (χ1v) is 9.64. The van der Waals surface area contributed by atoms with Gasteiger partial charge in [-0.2, -0.15) is 5.10 Å². The molecule has 0 unspecified atom stereocenters. The smallest absolute Gasteiger partial charge is 0.0945 e. The Labute approximate surface area is 163 Å². The number of nitrogens with zero attached hydrogens (tertiary/aromatic N) is 2. The molecule has 4 heteroatoms. The van der Waals surface area contributed by atoms with E-state index in [0.29, 0.717) is 0 Å². The van der Waals surface area contributed by atoms with Gasteiger partial charge in [-0.1, -0.05) is 68.3 Å². The van der Waals surface area contributed by atoms with Gasteiger partial charge >= 0.3 is 0 Å². The van der Waals surface area contributed by atoms with Crippen LogP contribution < -0.4 is 0 Å². The van der Waals surface area contributed by atoms with Gasteiger partial charge in [0, 0.05) is 19.9 Å². The van der Waals surface area contributed by atoms with Crippen molar-refractivity contribution >= 4 is 42.8 Å². The lowest BCUT2D eigenvalue weighted by atomic mass is 10.1. The van der Waals surface area contributed by atoms with Gasteiger partial charge in [0.15, 0.2) is 0 Å². The number of benzene rings is 3. The molecule has 124 valence electrons. The number of hydrogen-bond acceptors (Lipinski definition) is 1. The van der Waals surface area contributed by atoms with Crippen molar-refractivity contribution in [2.75, 3.05) is 0 Å². The van der Waals surface area contributed by atoms with Crippen molar-refractivity contribution in [1.29, 1.82) is 0 Å². The Bertz CT molecular complexity index is 1080. The highest BCUT2D eigenvalue weighted by molar-refractivity contribution is 9.10. The SMILES string of the molecule is Cc1ccc(-n2nc3cc(Br)c(C)cc3c2-c2ccccc2)cc1Br. The van der Waals surface area contributed by atoms with E-state index in [4.69, 9.17) is 5.10 Å². The van der Waals surface area contributed by atoms with Gasteiger partial charge in [0.1, 0.15) is 0 Å². The van der Waals surface area contributed by atoms with Crippen LogP contribution >= 0.6 is 31.9 Å². The summed E-state index contributed by atoms with van der Waals surface area (Å²) in [6.45, 7) is 4.20. The molecule has 4 rings (SSSR count). The minimum Gasteiger partial charge on any atom is -0.232 e. The van der Waals surface area contributed by atoms with E-state index in [9.17, 15) is 0 Å². The van der Waals surface area contributed by atoms with Crippen LogP contribution in [0.15, 0.2) is 69.6 Å². The summed E-state index contributed by atoms with van der Waals surface area (Å²) in [4.78, 5) is 0. The quantitative estimate of drug-likeness (QED) is 0.323. The molecule has 0 aliphatic carbocycles. The summed E-state index contributed by atoms with van der Waals surface area (Å²) in [5, 5.41) is 6.05. The summed E-state index contributed by atoms with van der Waals surface area (Å²) >= 11 is 7.27.